The number of benzene rings is 1. The largest absolute Gasteiger partial charge is 0.488 e. The number of halogens is 6. The van der Waals surface area contributed by atoms with E-state index in [0.29, 0.717) is 5.56 Å². The van der Waals surface area contributed by atoms with E-state index in [-0.39, 0.29) is 18.5 Å². The fraction of sp³-hybridized carbons (Fsp3) is 0.389. The Hall–Kier alpha value is -2.67. The van der Waals surface area contributed by atoms with Gasteiger partial charge in [-0.1, -0.05) is 30.0 Å². The first-order chi connectivity index (χ1) is 13.0. The van der Waals surface area contributed by atoms with Gasteiger partial charge >= 0.3 is 12.5 Å². The number of hydrogen-bond donors (Lipinski definition) is 2. The lowest BCUT2D eigenvalue weighted by molar-refractivity contribution is -0.231. The molecule has 0 saturated carbocycles. The Balaban J connectivity index is 2.04. The lowest BCUT2D eigenvalue weighted by Crippen LogP contribution is -2.61. The van der Waals surface area contributed by atoms with E-state index in [9.17, 15) is 26.3 Å². The molecule has 0 amide bonds. The van der Waals surface area contributed by atoms with Gasteiger partial charge in [-0.3, -0.25) is 0 Å². The standard InChI is InChI=1S/C18H16F6N4/c19-17(20,21)14-11(7-6-10-4-2-1-3-5-10)8-9-12-13(14)15(25)28(16(26)27-12)18(22,23)24/h1-5,11,14-15H,8-9,25H2,(H2,26,27). The van der Waals surface area contributed by atoms with Crippen LogP contribution in [0.3, 0.4) is 0 Å². The van der Waals surface area contributed by atoms with Crippen molar-refractivity contribution in [1.82, 2.24) is 4.90 Å². The van der Waals surface area contributed by atoms with Crippen molar-refractivity contribution in [2.24, 2.45) is 28.3 Å². The Morgan fingerprint density at radius 3 is 2.29 bits per heavy atom. The maximum absolute atomic E-state index is 13.8. The first-order valence-corrected chi connectivity index (χ1v) is 8.32. The molecule has 150 valence electrons. The fourth-order valence-corrected chi connectivity index (χ4v) is 3.49. The van der Waals surface area contributed by atoms with Gasteiger partial charge in [0.2, 0.25) is 5.96 Å². The van der Waals surface area contributed by atoms with Crippen molar-refractivity contribution in [3.05, 3.63) is 47.2 Å². The van der Waals surface area contributed by atoms with Crippen LogP contribution in [0.1, 0.15) is 18.4 Å². The van der Waals surface area contributed by atoms with E-state index >= 15 is 0 Å². The summed E-state index contributed by atoms with van der Waals surface area (Å²) in [7, 11) is 0. The molecule has 4 nitrogen and oxygen atoms in total. The monoisotopic (exact) mass is 402 g/mol. The molecule has 3 unspecified atom stereocenters. The van der Waals surface area contributed by atoms with Gasteiger partial charge in [0, 0.05) is 22.8 Å². The third-order valence-corrected chi connectivity index (χ3v) is 4.66. The molecule has 1 heterocycles. The summed E-state index contributed by atoms with van der Waals surface area (Å²) in [6.07, 6.45) is -12.0. The lowest BCUT2D eigenvalue weighted by Gasteiger charge is -2.43. The predicted octanol–water partition coefficient (Wildman–Crippen LogP) is 3.32. The first-order valence-electron chi connectivity index (χ1n) is 8.32. The zero-order valence-corrected chi connectivity index (χ0v) is 14.3. The summed E-state index contributed by atoms with van der Waals surface area (Å²) >= 11 is 0. The van der Waals surface area contributed by atoms with Crippen LogP contribution in [0.4, 0.5) is 26.3 Å². The Kier molecular flexibility index (Phi) is 5.06. The zero-order valence-electron chi connectivity index (χ0n) is 14.3. The number of hydrogen-bond acceptors (Lipinski definition) is 4. The van der Waals surface area contributed by atoms with Gasteiger partial charge in [-0.05, 0) is 25.0 Å². The summed E-state index contributed by atoms with van der Waals surface area (Å²) < 4.78 is 81.3. The molecule has 0 saturated heterocycles. The van der Waals surface area contributed by atoms with Crippen LogP contribution < -0.4 is 11.5 Å². The molecular formula is C18H16F6N4. The highest BCUT2D eigenvalue weighted by Gasteiger charge is 2.55. The van der Waals surface area contributed by atoms with Gasteiger partial charge in [0.1, 0.15) is 6.17 Å². The van der Waals surface area contributed by atoms with Gasteiger partial charge in [-0.2, -0.15) is 13.2 Å². The number of alkyl halides is 6. The molecule has 1 aromatic rings. The predicted molar refractivity (Wildman–Crippen MR) is 90.1 cm³/mol. The smallest absolute Gasteiger partial charge is 0.369 e. The van der Waals surface area contributed by atoms with Crippen LogP contribution in [0.5, 0.6) is 0 Å². The third-order valence-electron chi connectivity index (χ3n) is 4.66. The number of nitrogens with two attached hydrogens (primary N) is 2. The molecule has 0 radical (unpaired) electrons. The van der Waals surface area contributed by atoms with E-state index < -0.39 is 46.9 Å². The first kappa shape index (κ1) is 20.1. The Morgan fingerprint density at radius 2 is 1.71 bits per heavy atom. The van der Waals surface area contributed by atoms with Gasteiger partial charge in [0.15, 0.2) is 0 Å². The second kappa shape index (κ2) is 7.05. The molecule has 0 bridgehead atoms. The molecular weight excluding hydrogens is 386 g/mol. The minimum atomic E-state index is -5.07. The minimum absolute atomic E-state index is 0.0101. The zero-order chi connectivity index (χ0) is 20.7. The average Bonchev–Trinajstić information content (AvgIpc) is 2.58. The van der Waals surface area contributed by atoms with Crippen LogP contribution in [0.2, 0.25) is 0 Å². The maximum Gasteiger partial charge on any atom is 0.488 e. The van der Waals surface area contributed by atoms with Gasteiger partial charge in [-0.15, -0.1) is 13.2 Å². The van der Waals surface area contributed by atoms with E-state index in [2.05, 4.69) is 16.8 Å². The Labute approximate surface area is 156 Å². The van der Waals surface area contributed by atoms with Gasteiger partial charge < -0.3 is 11.5 Å². The topological polar surface area (TPSA) is 67.6 Å². The van der Waals surface area contributed by atoms with Crippen molar-refractivity contribution in [3.63, 3.8) is 0 Å². The fourth-order valence-electron chi connectivity index (χ4n) is 3.49. The van der Waals surface area contributed by atoms with Gasteiger partial charge in [0.05, 0.1) is 5.92 Å². The van der Waals surface area contributed by atoms with Crippen LogP contribution in [0.25, 0.3) is 0 Å². The molecule has 0 aromatic heterocycles. The normalized spacial score (nSPS) is 25.6. The summed E-state index contributed by atoms with van der Waals surface area (Å²) in [5.74, 6) is 0.775. The third kappa shape index (κ3) is 3.80. The van der Waals surface area contributed by atoms with Gasteiger partial charge in [0.25, 0.3) is 0 Å². The number of nitrogens with zero attached hydrogens (tertiary/aromatic N) is 2. The molecule has 1 aromatic carbocycles. The quantitative estimate of drug-likeness (QED) is 0.398. The van der Waals surface area contributed by atoms with E-state index in [1.165, 1.54) is 0 Å². The lowest BCUT2D eigenvalue weighted by atomic mass is 9.74. The molecule has 28 heavy (non-hydrogen) atoms. The average molecular weight is 402 g/mol. The van der Waals surface area contributed by atoms with Crippen LogP contribution in [-0.4, -0.2) is 29.5 Å². The number of aliphatic imine (C=N–C) groups is 1. The Morgan fingerprint density at radius 1 is 1.07 bits per heavy atom. The second-order valence-electron chi connectivity index (χ2n) is 6.45. The van der Waals surface area contributed by atoms with Crippen molar-refractivity contribution in [1.29, 1.82) is 0 Å². The van der Waals surface area contributed by atoms with E-state index in [1.54, 1.807) is 30.3 Å². The summed E-state index contributed by atoms with van der Waals surface area (Å²) in [6, 6.07) is 8.36. The van der Waals surface area contributed by atoms with Crippen LogP contribution in [-0.2, 0) is 0 Å². The molecule has 3 rings (SSSR count). The molecule has 2 aliphatic rings. The molecule has 3 atom stereocenters. The highest BCUT2D eigenvalue weighted by atomic mass is 19.4. The SMILES string of the molecule is NC1=NC2=C(C(N)N1C(F)(F)F)C(C(F)(F)F)C(C#Cc1ccccc1)CC2. The van der Waals surface area contributed by atoms with Crippen molar-refractivity contribution >= 4 is 5.96 Å². The minimum Gasteiger partial charge on any atom is -0.369 e. The molecule has 1 aliphatic carbocycles. The van der Waals surface area contributed by atoms with Gasteiger partial charge in [-0.25, -0.2) is 9.89 Å². The van der Waals surface area contributed by atoms with E-state index in [4.69, 9.17) is 11.5 Å². The van der Waals surface area contributed by atoms with E-state index in [0.717, 1.165) is 0 Å². The van der Waals surface area contributed by atoms with Crippen molar-refractivity contribution in [2.75, 3.05) is 0 Å². The molecule has 0 spiro atoms. The summed E-state index contributed by atoms with van der Waals surface area (Å²) in [4.78, 5) is 3.12. The van der Waals surface area contributed by atoms with Crippen LogP contribution in [0, 0.1) is 23.7 Å². The summed E-state index contributed by atoms with van der Waals surface area (Å²) in [5, 5.41) is 0. The summed E-state index contributed by atoms with van der Waals surface area (Å²) in [5.41, 5.74) is 10.7. The summed E-state index contributed by atoms with van der Waals surface area (Å²) in [6.45, 7) is 0. The maximum atomic E-state index is 13.8. The van der Waals surface area contributed by atoms with Crippen molar-refractivity contribution in [3.8, 4) is 11.8 Å². The van der Waals surface area contributed by atoms with Crippen molar-refractivity contribution in [2.45, 2.75) is 31.5 Å². The van der Waals surface area contributed by atoms with Crippen LogP contribution >= 0.6 is 0 Å². The highest BCUT2D eigenvalue weighted by Crippen LogP contribution is 2.48. The van der Waals surface area contributed by atoms with E-state index in [1.807, 2.05) is 0 Å². The number of guanidine groups is 1. The second-order valence-corrected chi connectivity index (χ2v) is 6.45. The molecule has 10 heteroatoms. The van der Waals surface area contributed by atoms with Crippen LogP contribution in [0.15, 0.2) is 46.6 Å². The molecule has 4 N–H and O–H groups in total. The molecule has 1 aliphatic heterocycles. The van der Waals surface area contributed by atoms with Crippen molar-refractivity contribution < 1.29 is 26.3 Å². The highest BCUT2D eigenvalue weighted by molar-refractivity contribution is 5.81. The number of rotatable bonds is 0. The molecule has 0 fully saturated rings. The number of allylic oxidation sites excluding steroid dienone is 1. The Bertz CT molecular complexity index is 860.